The fourth-order valence-corrected chi connectivity index (χ4v) is 4.40. The summed E-state index contributed by atoms with van der Waals surface area (Å²) >= 11 is 2.04. The van der Waals surface area contributed by atoms with Crippen LogP contribution in [0.2, 0.25) is 0 Å². The molecule has 1 amide bonds. The van der Waals surface area contributed by atoms with Gasteiger partial charge in [0, 0.05) is 54.8 Å². The minimum absolute atomic E-state index is 0.122. The predicted molar refractivity (Wildman–Crippen MR) is 116 cm³/mol. The van der Waals surface area contributed by atoms with Crippen LogP contribution in [0.15, 0.2) is 48.8 Å². The number of aryl methyl sites for hydroxylation is 1. The summed E-state index contributed by atoms with van der Waals surface area (Å²) < 4.78 is 0. The van der Waals surface area contributed by atoms with Gasteiger partial charge in [-0.05, 0) is 48.7 Å². The van der Waals surface area contributed by atoms with Gasteiger partial charge in [-0.15, -0.1) is 0 Å². The molecule has 0 aliphatic carbocycles. The number of nitrogens with one attached hydrogen (secondary N) is 1. The van der Waals surface area contributed by atoms with Gasteiger partial charge in [0.15, 0.2) is 0 Å². The van der Waals surface area contributed by atoms with Gasteiger partial charge in [0.05, 0.1) is 11.0 Å². The maximum absolute atomic E-state index is 12.7. The first-order valence-corrected chi connectivity index (χ1v) is 10.8. The van der Waals surface area contributed by atoms with Crippen LogP contribution in [0, 0.1) is 6.92 Å². The van der Waals surface area contributed by atoms with Crippen LogP contribution < -0.4 is 5.32 Å². The average molecular weight is 393 g/mol. The molecule has 28 heavy (non-hydrogen) atoms. The number of aromatic nitrogens is 2. The summed E-state index contributed by atoms with van der Waals surface area (Å²) in [5.41, 5.74) is 5.15. The number of nitrogens with zero attached hydrogens (tertiary/aromatic N) is 3. The molecule has 0 atom stereocenters. The minimum atomic E-state index is -0.122. The van der Waals surface area contributed by atoms with Crippen LogP contribution in [0.5, 0.6) is 0 Å². The van der Waals surface area contributed by atoms with Gasteiger partial charge in [0.1, 0.15) is 0 Å². The number of hydrogen-bond donors (Lipinski definition) is 1. The predicted octanol–water partition coefficient (Wildman–Crippen LogP) is 3.78. The lowest BCUT2D eigenvalue weighted by atomic mass is 10.1. The Kier molecular flexibility index (Phi) is 5.88. The molecule has 0 radical (unpaired) electrons. The summed E-state index contributed by atoms with van der Waals surface area (Å²) in [5, 5.41) is 3.00. The van der Waals surface area contributed by atoms with Crippen LogP contribution in [0.1, 0.15) is 21.5 Å². The Hall–Kier alpha value is -2.44. The zero-order valence-corrected chi connectivity index (χ0v) is 16.8. The Morgan fingerprint density at radius 1 is 1.07 bits per heavy atom. The van der Waals surface area contributed by atoms with E-state index in [1.165, 1.54) is 30.2 Å². The van der Waals surface area contributed by atoms with Crippen LogP contribution >= 0.6 is 11.8 Å². The van der Waals surface area contributed by atoms with Crippen molar-refractivity contribution in [3.63, 3.8) is 0 Å². The lowest BCUT2D eigenvalue weighted by Gasteiger charge is -2.26. The lowest BCUT2D eigenvalue weighted by Crippen LogP contribution is -2.34. The summed E-state index contributed by atoms with van der Waals surface area (Å²) in [5.74, 6) is 2.36. The number of amides is 1. The van der Waals surface area contributed by atoms with Gasteiger partial charge >= 0.3 is 0 Å². The molecule has 0 bridgehead atoms. The van der Waals surface area contributed by atoms with E-state index in [0.29, 0.717) is 5.56 Å². The van der Waals surface area contributed by atoms with Gasteiger partial charge in [-0.2, -0.15) is 11.8 Å². The molecule has 1 N–H and O–H groups in total. The SMILES string of the molecule is Cc1cc2nccnc2cc1C(=O)Nc1ccc(CCN2CCSCC2)cc1. The smallest absolute Gasteiger partial charge is 0.256 e. The Labute approximate surface area is 169 Å². The van der Waals surface area contributed by atoms with Crippen molar-refractivity contribution in [2.75, 3.05) is 36.5 Å². The third-order valence-electron chi connectivity index (χ3n) is 5.09. The van der Waals surface area contributed by atoms with Gasteiger partial charge < -0.3 is 10.2 Å². The fourth-order valence-electron chi connectivity index (χ4n) is 3.43. The monoisotopic (exact) mass is 392 g/mol. The van der Waals surface area contributed by atoms with Crippen LogP contribution in [0.25, 0.3) is 11.0 Å². The summed E-state index contributed by atoms with van der Waals surface area (Å²) in [6.07, 6.45) is 4.34. The number of fused-ring (bicyclic) bond motifs is 1. The average Bonchev–Trinajstić information content (AvgIpc) is 2.73. The molecule has 3 aromatic rings. The highest BCUT2D eigenvalue weighted by Gasteiger charge is 2.12. The number of thioether (sulfide) groups is 1. The molecule has 6 heteroatoms. The molecule has 1 fully saturated rings. The maximum atomic E-state index is 12.7. The van der Waals surface area contributed by atoms with Crippen molar-refractivity contribution >= 4 is 34.4 Å². The van der Waals surface area contributed by atoms with Gasteiger partial charge in [-0.25, -0.2) is 0 Å². The Morgan fingerprint density at radius 3 is 2.46 bits per heavy atom. The van der Waals surface area contributed by atoms with Crippen molar-refractivity contribution in [1.29, 1.82) is 0 Å². The zero-order chi connectivity index (χ0) is 19.3. The Bertz CT molecular complexity index is 968. The molecule has 4 rings (SSSR count). The number of carbonyl (C=O) groups excluding carboxylic acids is 1. The standard InChI is InChI=1S/C22H24N4OS/c1-16-14-20-21(24-8-7-23-20)15-19(16)22(27)25-18-4-2-17(3-5-18)6-9-26-10-12-28-13-11-26/h2-5,7-8,14-15H,6,9-13H2,1H3,(H,25,27). The van der Waals surface area contributed by atoms with E-state index in [0.717, 1.165) is 35.2 Å². The molecule has 1 saturated heterocycles. The summed E-state index contributed by atoms with van der Waals surface area (Å²) in [4.78, 5) is 23.8. The minimum Gasteiger partial charge on any atom is -0.322 e. The van der Waals surface area contributed by atoms with Gasteiger partial charge in [-0.1, -0.05) is 12.1 Å². The third kappa shape index (κ3) is 4.51. The van der Waals surface area contributed by atoms with E-state index in [4.69, 9.17) is 0 Å². The molecular weight excluding hydrogens is 368 g/mol. The topological polar surface area (TPSA) is 58.1 Å². The van der Waals surface area contributed by atoms with Crippen molar-refractivity contribution in [2.24, 2.45) is 0 Å². The van der Waals surface area contributed by atoms with E-state index >= 15 is 0 Å². The number of anilines is 1. The van der Waals surface area contributed by atoms with Gasteiger partial charge in [0.25, 0.3) is 5.91 Å². The summed E-state index contributed by atoms with van der Waals surface area (Å²) in [6, 6.07) is 11.9. The van der Waals surface area contributed by atoms with Crippen molar-refractivity contribution in [3.05, 3.63) is 65.5 Å². The molecule has 0 spiro atoms. The third-order valence-corrected chi connectivity index (χ3v) is 6.03. The normalized spacial score (nSPS) is 14.9. The highest BCUT2D eigenvalue weighted by atomic mass is 32.2. The van der Waals surface area contributed by atoms with Crippen molar-refractivity contribution < 1.29 is 4.79 Å². The molecule has 1 aliphatic heterocycles. The quantitative estimate of drug-likeness (QED) is 0.716. The molecule has 2 aromatic carbocycles. The molecule has 1 aliphatic rings. The van der Waals surface area contributed by atoms with Crippen LogP contribution in [0.4, 0.5) is 5.69 Å². The molecule has 5 nitrogen and oxygen atoms in total. The first-order valence-electron chi connectivity index (χ1n) is 9.61. The molecule has 144 valence electrons. The first-order chi connectivity index (χ1) is 13.7. The van der Waals surface area contributed by atoms with E-state index in [2.05, 4.69) is 32.3 Å². The van der Waals surface area contributed by atoms with E-state index < -0.39 is 0 Å². The van der Waals surface area contributed by atoms with Crippen LogP contribution in [0.3, 0.4) is 0 Å². The molecule has 1 aromatic heterocycles. The highest BCUT2D eigenvalue weighted by Crippen LogP contribution is 2.19. The lowest BCUT2D eigenvalue weighted by molar-refractivity contribution is 0.102. The van der Waals surface area contributed by atoms with E-state index in [1.54, 1.807) is 18.5 Å². The van der Waals surface area contributed by atoms with E-state index in [1.807, 2.05) is 36.9 Å². The summed E-state index contributed by atoms with van der Waals surface area (Å²) in [7, 11) is 0. The number of hydrogen-bond acceptors (Lipinski definition) is 5. The maximum Gasteiger partial charge on any atom is 0.256 e. The number of benzene rings is 2. The molecule has 0 unspecified atom stereocenters. The summed E-state index contributed by atoms with van der Waals surface area (Å²) in [6.45, 7) is 5.40. The van der Waals surface area contributed by atoms with Crippen LogP contribution in [-0.2, 0) is 6.42 Å². The number of rotatable bonds is 5. The van der Waals surface area contributed by atoms with Crippen molar-refractivity contribution in [3.8, 4) is 0 Å². The highest BCUT2D eigenvalue weighted by molar-refractivity contribution is 7.99. The Morgan fingerprint density at radius 2 is 1.75 bits per heavy atom. The van der Waals surface area contributed by atoms with Crippen LogP contribution in [-0.4, -0.2) is 51.9 Å². The Balaban J connectivity index is 1.40. The second kappa shape index (κ2) is 8.71. The van der Waals surface area contributed by atoms with E-state index in [-0.39, 0.29) is 5.91 Å². The second-order valence-corrected chi connectivity index (χ2v) is 8.29. The molecular formula is C22H24N4OS. The van der Waals surface area contributed by atoms with E-state index in [9.17, 15) is 4.79 Å². The van der Waals surface area contributed by atoms with Gasteiger partial charge in [0.2, 0.25) is 0 Å². The molecule has 0 saturated carbocycles. The van der Waals surface area contributed by atoms with Gasteiger partial charge in [-0.3, -0.25) is 14.8 Å². The first kappa shape index (κ1) is 18.9. The van der Waals surface area contributed by atoms with Crippen molar-refractivity contribution in [2.45, 2.75) is 13.3 Å². The molecule has 2 heterocycles. The largest absolute Gasteiger partial charge is 0.322 e. The second-order valence-electron chi connectivity index (χ2n) is 7.07. The van der Waals surface area contributed by atoms with Crippen molar-refractivity contribution in [1.82, 2.24) is 14.9 Å². The zero-order valence-electron chi connectivity index (χ0n) is 16.0. The number of carbonyl (C=O) groups is 1. The fraction of sp³-hybridized carbons (Fsp3) is 0.318.